The second-order valence-electron chi connectivity index (χ2n) is 11.2. The Kier molecular flexibility index (Phi) is 9.94. The van der Waals surface area contributed by atoms with E-state index in [-0.39, 0.29) is 66.8 Å². The van der Waals surface area contributed by atoms with Gasteiger partial charge in [0, 0.05) is 50.7 Å². The number of alkyl halides is 2. The first kappa shape index (κ1) is 30.1. The topological polar surface area (TPSA) is 95.6 Å². The zero-order valence-corrected chi connectivity index (χ0v) is 23.8. The first-order valence-electron chi connectivity index (χ1n) is 14.0. The number of piperidine rings is 1. The van der Waals surface area contributed by atoms with E-state index in [9.17, 15) is 26.8 Å². The fourth-order valence-corrected chi connectivity index (χ4v) is 6.16. The van der Waals surface area contributed by atoms with Gasteiger partial charge in [0.2, 0.25) is 17.7 Å². The molecule has 1 aliphatic carbocycles. The molecule has 0 unspecified atom stereocenters. The third-order valence-electron chi connectivity index (χ3n) is 8.01. The molecule has 2 aliphatic rings. The lowest BCUT2D eigenvalue weighted by Gasteiger charge is -2.34. The van der Waals surface area contributed by atoms with Crippen molar-refractivity contribution in [3.05, 3.63) is 65.7 Å². The maximum absolute atomic E-state index is 13.6. The SMILES string of the molecule is CS(=O)(=O)c1ccc(CC(=O)NC2CCN(CC[C@H](NC(=O)C3CCC(F)(F)CC3)c3ccccc3)CC2)cc1. The van der Waals surface area contributed by atoms with Crippen LogP contribution in [0.5, 0.6) is 0 Å². The van der Waals surface area contributed by atoms with Crippen LogP contribution in [0.4, 0.5) is 8.78 Å². The van der Waals surface area contributed by atoms with Gasteiger partial charge in [-0.2, -0.15) is 0 Å². The Hall–Kier alpha value is -2.85. The normalized spacial score (nSPS) is 19.6. The molecule has 1 heterocycles. The first-order chi connectivity index (χ1) is 19.0. The maximum Gasteiger partial charge on any atom is 0.248 e. The van der Waals surface area contributed by atoms with Crippen LogP contribution in [-0.2, 0) is 25.8 Å². The van der Waals surface area contributed by atoms with Crippen molar-refractivity contribution in [1.82, 2.24) is 15.5 Å². The monoisotopic (exact) mass is 575 g/mol. The van der Waals surface area contributed by atoms with Gasteiger partial charge >= 0.3 is 0 Å². The minimum atomic E-state index is -3.27. The quantitative estimate of drug-likeness (QED) is 0.441. The Labute approximate surface area is 235 Å². The smallest absolute Gasteiger partial charge is 0.248 e. The van der Waals surface area contributed by atoms with Gasteiger partial charge in [-0.1, -0.05) is 42.5 Å². The van der Waals surface area contributed by atoms with Gasteiger partial charge in [0.05, 0.1) is 17.4 Å². The van der Waals surface area contributed by atoms with E-state index in [4.69, 9.17) is 0 Å². The molecule has 2 amide bonds. The summed E-state index contributed by atoms with van der Waals surface area (Å²) in [6.07, 6.45) is 3.65. The molecular formula is C30H39F2N3O4S. The highest BCUT2D eigenvalue weighted by atomic mass is 32.2. The number of hydrogen-bond acceptors (Lipinski definition) is 5. The summed E-state index contributed by atoms with van der Waals surface area (Å²) in [5, 5.41) is 6.24. The number of rotatable bonds is 10. The molecule has 1 aliphatic heterocycles. The molecule has 0 spiro atoms. The van der Waals surface area contributed by atoms with Crippen molar-refractivity contribution in [3.8, 4) is 0 Å². The summed E-state index contributed by atoms with van der Waals surface area (Å²) < 4.78 is 50.4. The van der Waals surface area contributed by atoms with E-state index in [0.29, 0.717) is 6.42 Å². The molecule has 40 heavy (non-hydrogen) atoms. The molecule has 0 aromatic heterocycles. The number of hydrogen-bond donors (Lipinski definition) is 2. The van der Waals surface area contributed by atoms with Crippen molar-refractivity contribution < 1.29 is 26.8 Å². The van der Waals surface area contributed by atoms with Gasteiger partial charge in [-0.3, -0.25) is 9.59 Å². The van der Waals surface area contributed by atoms with E-state index in [0.717, 1.165) is 49.9 Å². The molecular weight excluding hydrogens is 536 g/mol. The molecule has 1 saturated heterocycles. The summed E-state index contributed by atoms with van der Waals surface area (Å²) in [7, 11) is -3.27. The molecule has 7 nitrogen and oxygen atoms in total. The molecule has 2 aromatic rings. The van der Waals surface area contributed by atoms with E-state index >= 15 is 0 Å². The van der Waals surface area contributed by atoms with E-state index in [1.54, 1.807) is 12.1 Å². The van der Waals surface area contributed by atoms with Crippen LogP contribution in [0.1, 0.15) is 62.1 Å². The van der Waals surface area contributed by atoms with Crippen molar-refractivity contribution in [3.63, 3.8) is 0 Å². The Morgan fingerprint density at radius 3 is 2.20 bits per heavy atom. The third-order valence-corrected chi connectivity index (χ3v) is 9.14. The van der Waals surface area contributed by atoms with Crippen molar-refractivity contribution in [1.29, 1.82) is 0 Å². The number of nitrogens with one attached hydrogen (secondary N) is 2. The van der Waals surface area contributed by atoms with Crippen LogP contribution in [0.2, 0.25) is 0 Å². The predicted molar refractivity (Wildman–Crippen MR) is 150 cm³/mol. The van der Waals surface area contributed by atoms with E-state index in [1.165, 1.54) is 12.1 Å². The lowest BCUT2D eigenvalue weighted by Crippen LogP contribution is -2.46. The summed E-state index contributed by atoms with van der Waals surface area (Å²) >= 11 is 0. The second-order valence-corrected chi connectivity index (χ2v) is 13.2. The Morgan fingerprint density at radius 1 is 0.975 bits per heavy atom. The highest BCUT2D eigenvalue weighted by Gasteiger charge is 2.37. The van der Waals surface area contributed by atoms with Gasteiger partial charge < -0.3 is 15.5 Å². The number of sulfone groups is 1. The summed E-state index contributed by atoms with van der Waals surface area (Å²) in [5.74, 6) is -3.26. The molecule has 2 aromatic carbocycles. The van der Waals surface area contributed by atoms with Gasteiger partial charge in [-0.25, -0.2) is 17.2 Å². The number of amides is 2. The summed E-state index contributed by atoms with van der Waals surface area (Å²) in [4.78, 5) is 28.1. The van der Waals surface area contributed by atoms with Gasteiger partial charge in [0.25, 0.3) is 0 Å². The van der Waals surface area contributed by atoms with Crippen molar-refractivity contribution in [2.24, 2.45) is 5.92 Å². The molecule has 4 rings (SSSR count). The molecule has 0 bridgehead atoms. The average Bonchev–Trinajstić information content (AvgIpc) is 2.92. The maximum atomic E-state index is 13.6. The zero-order chi connectivity index (χ0) is 28.8. The van der Waals surface area contributed by atoms with Crippen LogP contribution in [0.25, 0.3) is 0 Å². The molecule has 2 N–H and O–H groups in total. The standard InChI is InChI=1S/C30H39F2N3O4S/c1-40(38,39)26-9-7-22(8-10-26)21-28(36)33-25-13-18-35(19-14-25)20-15-27(23-5-3-2-4-6-23)34-29(37)24-11-16-30(31,32)17-12-24/h2-10,24-25,27H,11-21H2,1H3,(H,33,36)(H,34,37)/t27-/m0/s1. The molecule has 0 radical (unpaired) electrons. The van der Waals surface area contributed by atoms with E-state index in [1.807, 2.05) is 30.3 Å². The molecule has 10 heteroatoms. The zero-order valence-electron chi connectivity index (χ0n) is 23.0. The summed E-state index contributed by atoms with van der Waals surface area (Å²) in [6.45, 7) is 2.41. The van der Waals surface area contributed by atoms with Crippen LogP contribution >= 0.6 is 0 Å². The highest BCUT2D eigenvalue weighted by molar-refractivity contribution is 7.90. The molecule has 2 fully saturated rings. The molecule has 1 saturated carbocycles. The second kappa shape index (κ2) is 13.2. The fourth-order valence-electron chi connectivity index (χ4n) is 5.53. The Morgan fingerprint density at radius 2 is 1.60 bits per heavy atom. The Balaban J connectivity index is 1.23. The van der Waals surface area contributed by atoms with Gasteiger partial charge in [0.1, 0.15) is 0 Å². The number of carbonyl (C=O) groups excluding carboxylic acids is 2. The van der Waals surface area contributed by atoms with Crippen molar-refractivity contribution in [2.45, 2.75) is 74.3 Å². The average molecular weight is 576 g/mol. The first-order valence-corrected chi connectivity index (χ1v) is 15.9. The number of nitrogens with zero attached hydrogens (tertiary/aromatic N) is 1. The van der Waals surface area contributed by atoms with Crippen LogP contribution in [0, 0.1) is 5.92 Å². The number of carbonyl (C=O) groups is 2. The largest absolute Gasteiger partial charge is 0.353 e. The minimum Gasteiger partial charge on any atom is -0.353 e. The van der Waals surface area contributed by atoms with Crippen molar-refractivity contribution >= 4 is 21.7 Å². The molecule has 218 valence electrons. The summed E-state index contributed by atoms with van der Waals surface area (Å²) in [5.41, 5.74) is 1.77. The minimum absolute atomic E-state index is 0.0769. The van der Waals surface area contributed by atoms with Gasteiger partial charge in [-0.15, -0.1) is 0 Å². The van der Waals surface area contributed by atoms with Crippen molar-refractivity contribution in [2.75, 3.05) is 25.9 Å². The van der Waals surface area contributed by atoms with E-state index in [2.05, 4.69) is 15.5 Å². The summed E-state index contributed by atoms with van der Waals surface area (Å²) in [6, 6.07) is 16.0. The number of halogens is 2. The Bertz CT molecular complexity index is 1240. The number of likely N-dealkylation sites (tertiary alicyclic amines) is 1. The lowest BCUT2D eigenvalue weighted by atomic mass is 9.86. The van der Waals surface area contributed by atoms with Gasteiger partial charge in [-0.05, 0) is 55.4 Å². The van der Waals surface area contributed by atoms with Crippen LogP contribution in [0.15, 0.2) is 59.5 Å². The lowest BCUT2D eigenvalue weighted by molar-refractivity contribution is -0.130. The van der Waals surface area contributed by atoms with Crippen LogP contribution in [-0.4, -0.2) is 63.0 Å². The highest BCUT2D eigenvalue weighted by Crippen LogP contribution is 2.36. The van der Waals surface area contributed by atoms with Crippen LogP contribution in [0.3, 0.4) is 0 Å². The predicted octanol–water partition coefficient (Wildman–Crippen LogP) is 4.29. The molecule has 1 atom stereocenters. The van der Waals surface area contributed by atoms with Gasteiger partial charge in [0.15, 0.2) is 9.84 Å². The third kappa shape index (κ3) is 8.83. The fraction of sp³-hybridized carbons (Fsp3) is 0.533. The van der Waals surface area contributed by atoms with Crippen LogP contribution < -0.4 is 10.6 Å². The number of benzene rings is 2. The van der Waals surface area contributed by atoms with E-state index < -0.39 is 15.8 Å².